The van der Waals surface area contributed by atoms with E-state index in [1.54, 1.807) is 0 Å². The van der Waals surface area contributed by atoms with Gasteiger partial charge in [0, 0.05) is 19.2 Å². The maximum Gasteiger partial charge on any atom is 0.251 e. The average molecular weight is 277 g/mol. The lowest BCUT2D eigenvalue weighted by atomic mass is 10.2. The van der Waals surface area contributed by atoms with Crippen LogP contribution in [0.2, 0.25) is 0 Å². The van der Waals surface area contributed by atoms with Gasteiger partial charge < -0.3 is 10.6 Å². The van der Waals surface area contributed by atoms with Gasteiger partial charge in [-0.15, -0.1) is 0 Å². The molecule has 0 spiro atoms. The minimum Gasteiger partial charge on any atom is -0.370 e. The zero-order chi connectivity index (χ0) is 14.7. The Kier molecular flexibility index (Phi) is 4.16. The molecule has 0 saturated carbocycles. The second-order valence-corrected chi connectivity index (χ2v) is 4.81. The number of nitrogens with zero attached hydrogens (tertiary/aromatic N) is 3. The number of carbonyl (C=O) groups excluding carboxylic acids is 2. The van der Waals surface area contributed by atoms with E-state index in [1.165, 1.54) is 13.4 Å². The number of carbonyl (C=O) groups is 2. The monoisotopic (exact) mass is 277 g/mol. The maximum atomic E-state index is 11.9. The molecular formula is C13H19N5O2. The van der Waals surface area contributed by atoms with Crippen molar-refractivity contribution in [2.24, 2.45) is 0 Å². The molecule has 1 fully saturated rings. The lowest BCUT2D eigenvalue weighted by Gasteiger charge is -2.15. The van der Waals surface area contributed by atoms with E-state index in [0.29, 0.717) is 5.82 Å². The van der Waals surface area contributed by atoms with Gasteiger partial charge in [0.15, 0.2) is 0 Å². The molecule has 0 aromatic carbocycles. The number of likely N-dealkylation sites (tertiary alicyclic amines) is 1. The predicted octanol–water partition coefficient (Wildman–Crippen LogP) is 0.776. The van der Waals surface area contributed by atoms with Gasteiger partial charge in [0.25, 0.3) is 5.91 Å². The van der Waals surface area contributed by atoms with Gasteiger partial charge >= 0.3 is 0 Å². The Morgan fingerprint density at radius 1 is 1.35 bits per heavy atom. The molecule has 2 amide bonds. The summed E-state index contributed by atoms with van der Waals surface area (Å²) in [6.45, 7) is 4.77. The first-order valence-electron chi connectivity index (χ1n) is 6.67. The predicted molar refractivity (Wildman–Crippen MR) is 75.4 cm³/mol. The van der Waals surface area contributed by atoms with Crippen molar-refractivity contribution in [2.45, 2.75) is 32.7 Å². The zero-order valence-corrected chi connectivity index (χ0v) is 11.9. The van der Waals surface area contributed by atoms with Gasteiger partial charge in [0.2, 0.25) is 5.91 Å². The fraction of sp³-hybridized carbons (Fsp3) is 0.538. The number of amides is 2. The summed E-state index contributed by atoms with van der Waals surface area (Å²) in [7, 11) is 1.49. The van der Waals surface area contributed by atoms with Crippen LogP contribution in [-0.4, -0.2) is 46.3 Å². The lowest BCUT2D eigenvalue weighted by molar-refractivity contribution is -0.136. The molecule has 2 N–H and O–H groups in total. The first-order valence-corrected chi connectivity index (χ1v) is 6.67. The normalized spacial score (nSPS) is 18.6. The van der Waals surface area contributed by atoms with Gasteiger partial charge in [-0.05, 0) is 13.3 Å². The van der Waals surface area contributed by atoms with Crippen molar-refractivity contribution in [1.82, 2.24) is 14.9 Å². The van der Waals surface area contributed by atoms with E-state index < -0.39 is 6.04 Å². The molecule has 0 bridgehead atoms. The van der Waals surface area contributed by atoms with Crippen LogP contribution in [-0.2, 0) is 9.59 Å². The minimum atomic E-state index is -0.542. The Bertz CT molecular complexity index is 531. The van der Waals surface area contributed by atoms with E-state index in [1.807, 2.05) is 6.92 Å². The van der Waals surface area contributed by atoms with Crippen molar-refractivity contribution < 1.29 is 9.59 Å². The molecule has 0 radical (unpaired) electrons. The summed E-state index contributed by atoms with van der Waals surface area (Å²) < 4.78 is 0. The van der Waals surface area contributed by atoms with Crippen LogP contribution >= 0.6 is 0 Å². The standard InChI is InChI=1S/C13H19N5O2/c1-4-5-14-11-8(2)12(16-7-15-11)17-9-6-10(19)18(3)13(9)20/h7,9H,4-6H2,1-3H3,(H2,14,15,16,17). The second-order valence-electron chi connectivity index (χ2n) is 4.81. The third-order valence-corrected chi connectivity index (χ3v) is 3.32. The molecule has 1 aromatic rings. The zero-order valence-electron chi connectivity index (χ0n) is 11.9. The number of nitrogens with one attached hydrogen (secondary N) is 2. The third kappa shape index (κ3) is 2.71. The van der Waals surface area contributed by atoms with E-state index in [-0.39, 0.29) is 18.2 Å². The van der Waals surface area contributed by atoms with Gasteiger partial charge in [-0.3, -0.25) is 14.5 Å². The summed E-state index contributed by atoms with van der Waals surface area (Å²) in [5, 5.41) is 6.24. The smallest absolute Gasteiger partial charge is 0.251 e. The summed E-state index contributed by atoms with van der Waals surface area (Å²) in [6.07, 6.45) is 2.60. The molecule has 1 unspecified atom stereocenters. The molecule has 20 heavy (non-hydrogen) atoms. The Hall–Kier alpha value is -2.18. The molecule has 1 aliphatic rings. The van der Waals surface area contributed by atoms with Gasteiger partial charge in [0.05, 0.1) is 6.42 Å². The second kappa shape index (κ2) is 5.85. The highest BCUT2D eigenvalue weighted by Crippen LogP contribution is 2.22. The molecule has 7 heteroatoms. The first-order chi connectivity index (χ1) is 9.54. The van der Waals surface area contributed by atoms with Crippen LogP contribution in [0.1, 0.15) is 25.3 Å². The van der Waals surface area contributed by atoms with Crippen LogP contribution in [0, 0.1) is 6.92 Å². The fourth-order valence-electron chi connectivity index (χ4n) is 2.05. The van der Waals surface area contributed by atoms with Crippen molar-refractivity contribution in [3.05, 3.63) is 11.9 Å². The molecule has 1 saturated heterocycles. The lowest BCUT2D eigenvalue weighted by Crippen LogP contribution is -2.32. The largest absolute Gasteiger partial charge is 0.370 e. The quantitative estimate of drug-likeness (QED) is 0.773. The SMILES string of the molecule is CCCNc1ncnc(NC2CC(=O)N(C)C2=O)c1C. The van der Waals surface area contributed by atoms with Crippen molar-refractivity contribution in [3.63, 3.8) is 0 Å². The van der Waals surface area contributed by atoms with Crippen molar-refractivity contribution in [3.8, 4) is 0 Å². The Labute approximate surface area is 117 Å². The van der Waals surface area contributed by atoms with Crippen LogP contribution in [0.4, 0.5) is 11.6 Å². The summed E-state index contributed by atoms with van der Waals surface area (Å²) in [5.74, 6) is 0.925. The highest BCUT2D eigenvalue weighted by Gasteiger charge is 2.36. The molecule has 2 rings (SSSR count). The van der Waals surface area contributed by atoms with E-state index in [4.69, 9.17) is 0 Å². The minimum absolute atomic E-state index is 0.163. The third-order valence-electron chi connectivity index (χ3n) is 3.32. The van der Waals surface area contributed by atoms with Crippen LogP contribution in [0.3, 0.4) is 0 Å². The van der Waals surface area contributed by atoms with Crippen molar-refractivity contribution in [2.75, 3.05) is 24.2 Å². The number of imide groups is 1. The topological polar surface area (TPSA) is 87.2 Å². The van der Waals surface area contributed by atoms with Crippen LogP contribution in [0.5, 0.6) is 0 Å². The highest BCUT2D eigenvalue weighted by atomic mass is 16.2. The summed E-state index contributed by atoms with van der Waals surface area (Å²) in [6, 6.07) is -0.542. The van der Waals surface area contributed by atoms with E-state index in [2.05, 4.69) is 27.5 Å². The Balaban J connectivity index is 2.14. The molecule has 1 aliphatic heterocycles. The van der Waals surface area contributed by atoms with Gasteiger partial charge in [-0.2, -0.15) is 0 Å². The highest BCUT2D eigenvalue weighted by molar-refractivity contribution is 6.06. The van der Waals surface area contributed by atoms with Crippen molar-refractivity contribution >= 4 is 23.5 Å². The fourth-order valence-corrected chi connectivity index (χ4v) is 2.05. The molecular weight excluding hydrogens is 258 g/mol. The number of hydrogen-bond donors (Lipinski definition) is 2. The molecule has 108 valence electrons. The van der Waals surface area contributed by atoms with Crippen LogP contribution in [0.25, 0.3) is 0 Å². The summed E-state index contributed by atoms with van der Waals surface area (Å²) in [5.41, 5.74) is 0.843. The van der Waals surface area contributed by atoms with Gasteiger partial charge in [-0.25, -0.2) is 9.97 Å². The van der Waals surface area contributed by atoms with Crippen molar-refractivity contribution in [1.29, 1.82) is 0 Å². The van der Waals surface area contributed by atoms with E-state index >= 15 is 0 Å². The summed E-state index contributed by atoms with van der Waals surface area (Å²) >= 11 is 0. The van der Waals surface area contributed by atoms with Crippen LogP contribution in [0.15, 0.2) is 6.33 Å². The van der Waals surface area contributed by atoms with Gasteiger partial charge in [0.1, 0.15) is 24.0 Å². The molecule has 7 nitrogen and oxygen atoms in total. The Morgan fingerprint density at radius 2 is 2.05 bits per heavy atom. The molecule has 1 atom stereocenters. The van der Waals surface area contributed by atoms with Crippen LogP contribution < -0.4 is 10.6 Å². The van der Waals surface area contributed by atoms with E-state index in [9.17, 15) is 9.59 Å². The summed E-state index contributed by atoms with van der Waals surface area (Å²) in [4.78, 5) is 32.8. The first kappa shape index (κ1) is 14.2. The number of likely N-dealkylation sites (N-methyl/N-ethyl adjacent to an activating group) is 1. The molecule has 0 aliphatic carbocycles. The Morgan fingerprint density at radius 3 is 2.65 bits per heavy atom. The number of aromatic nitrogens is 2. The molecule has 1 aromatic heterocycles. The van der Waals surface area contributed by atoms with E-state index in [0.717, 1.165) is 29.2 Å². The number of hydrogen-bond acceptors (Lipinski definition) is 6. The molecule has 2 heterocycles. The number of rotatable bonds is 5. The maximum absolute atomic E-state index is 11.9. The average Bonchev–Trinajstić information content (AvgIpc) is 2.67. The number of anilines is 2. The van der Waals surface area contributed by atoms with Gasteiger partial charge in [-0.1, -0.05) is 6.92 Å².